The van der Waals surface area contributed by atoms with Crippen molar-refractivity contribution in [1.29, 1.82) is 0 Å². The minimum atomic E-state index is 0.701. The minimum absolute atomic E-state index is 0.701. The van der Waals surface area contributed by atoms with E-state index in [0.29, 0.717) is 6.61 Å². The summed E-state index contributed by atoms with van der Waals surface area (Å²) in [5.74, 6) is 3.55. The van der Waals surface area contributed by atoms with Gasteiger partial charge in [-0.3, -0.25) is 4.90 Å². The molecule has 2 unspecified atom stereocenters. The number of likely N-dealkylation sites (tertiary alicyclic amines) is 1. The second kappa shape index (κ2) is 6.46. The first-order chi connectivity index (χ1) is 9.85. The van der Waals surface area contributed by atoms with E-state index >= 15 is 0 Å². The lowest BCUT2D eigenvalue weighted by atomic mass is 10.0. The molecule has 0 bridgehead atoms. The lowest BCUT2D eigenvalue weighted by Crippen LogP contribution is -2.29. The van der Waals surface area contributed by atoms with E-state index in [-0.39, 0.29) is 0 Å². The lowest BCUT2D eigenvalue weighted by Gasteiger charge is -2.17. The number of hydrogen-bond acceptors (Lipinski definition) is 4. The summed E-state index contributed by atoms with van der Waals surface area (Å²) < 4.78 is 11.2. The summed E-state index contributed by atoms with van der Waals surface area (Å²) in [4.78, 5) is 2.53. The van der Waals surface area contributed by atoms with Crippen molar-refractivity contribution in [3.63, 3.8) is 0 Å². The van der Waals surface area contributed by atoms with E-state index in [9.17, 15) is 0 Å². The number of ether oxygens (including phenoxy) is 2. The monoisotopic (exact) mass is 276 g/mol. The van der Waals surface area contributed by atoms with Gasteiger partial charge in [-0.25, -0.2) is 0 Å². The molecular formula is C16H24N2O2. The number of rotatable bonds is 6. The molecular weight excluding hydrogens is 252 g/mol. The van der Waals surface area contributed by atoms with Crippen LogP contribution < -0.4 is 14.8 Å². The maximum atomic E-state index is 5.81. The fourth-order valence-electron chi connectivity index (χ4n) is 3.23. The molecule has 110 valence electrons. The maximum Gasteiger partial charge on any atom is 0.119 e. The second-order valence-corrected chi connectivity index (χ2v) is 5.69. The SMILES string of the molecule is CCOc1ccc(OCCN2CC3CNCC3C2)cc1. The number of nitrogens with zero attached hydrogens (tertiary/aromatic N) is 1. The van der Waals surface area contributed by atoms with Gasteiger partial charge in [0.1, 0.15) is 18.1 Å². The zero-order chi connectivity index (χ0) is 13.8. The predicted molar refractivity (Wildman–Crippen MR) is 79.4 cm³/mol. The molecule has 4 nitrogen and oxygen atoms in total. The quantitative estimate of drug-likeness (QED) is 0.856. The van der Waals surface area contributed by atoms with Crippen LogP contribution in [-0.2, 0) is 0 Å². The summed E-state index contributed by atoms with van der Waals surface area (Å²) in [5, 5.41) is 3.47. The Hall–Kier alpha value is -1.26. The molecule has 1 aromatic rings. The van der Waals surface area contributed by atoms with Gasteiger partial charge in [0.05, 0.1) is 6.61 Å². The van der Waals surface area contributed by atoms with Gasteiger partial charge < -0.3 is 14.8 Å². The Labute approximate surface area is 121 Å². The van der Waals surface area contributed by atoms with Gasteiger partial charge in [0.2, 0.25) is 0 Å². The van der Waals surface area contributed by atoms with Crippen LogP contribution in [0.15, 0.2) is 24.3 Å². The standard InChI is InChI=1S/C16H24N2O2/c1-2-19-15-3-5-16(6-4-15)20-8-7-18-11-13-9-17-10-14(13)12-18/h3-6,13-14,17H,2,7-12H2,1H3. The lowest BCUT2D eigenvalue weighted by molar-refractivity contribution is 0.228. The van der Waals surface area contributed by atoms with Crippen molar-refractivity contribution in [3.8, 4) is 11.5 Å². The Morgan fingerprint density at radius 1 is 1.05 bits per heavy atom. The van der Waals surface area contributed by atoms with Crippen molar-refractivity contribution in [2.75, 3.05) is 45.9 Å². The zero-order valence-corrected chi connectivity index (χ0v) is 12.2. The van der Waals surface area contributed by atoms with Crippen molar-refractivity contribution in [1.82, 2.24) is 10.2 Å². The van der Waals surface area contributed by atoms with Gasteiger partial charge in [0, 0.05) is 19.6 Å². The highest BCUT2D eigenvalue weighted by atomic mass is 16.5. The topological polar surface area (TPSA) is 33.7 Å². The van der Waals surface area contributed by atoms with Crippen LogP contribution in [0.3, 0.4) is 0 Å². The van der Waals surface area contributed by atoms with Crippen LogP contribution in [0.25, 0.3) is 0 Å². The molecule has 1 N–H and O–H groups in total. The van der Waals surface area contributed by atoms with Crippen molar-refractivity contribution >= 4 is 0 Å². The molecule has 0 spiro atoms. The van der Waals surface area contributed by atoms with Crippen LogP contribution in [0.4, 0.5) is 0 Å². The van der Waals surface area contributed by atoms with E-state index in [2.05, 4.69) is 10.2 Å². The van der Waals surface area contributed by atoms with Gasteiger partial charge in [0.15, 0.2) is 0 Å². The first-order valence-corrected chi connectivity index (χ1v) is 7.64. The molecule has 2 heterocycles. The van der Waals surface area contributed by atoms with Gasteiger partial charge >= 0.3 is 0 Å². The van der Waals surface area contributed by atoms with Crippen LogP contribution in [-0.4, -0.2) is 50.8 Å². The van der Waals surface area contributed by atoms with Crippen LogP contribution in [0.1, 0.15) is 6.92 Å². The largest absolute Gasteiger partial charge is 0.494 e. The third kappa shape index (κ3) is 3.25. The average Bonchev–Trinajstić information content (AvgIpc) is 3.02. The van der Waals surface area contributed by atoms with Crippen molar-refractivity contribution in [2.45, 2.75) is 6.92 Å². The molecule has 0 amide bonds. The van der Waals surface area contributed by atoms with Crippen LogP contribution in [0.2, 0.25) is 0 Å². The average molecular weight is 276 g/mol. The third-order valence-corrected chi connectivity index (χ3v) is 4.28. The van der Waals surface area contributed by atoms with Crippen molar-refractivity contribution in [2.24, 2.45) is 11.8 Å². The van der Waals surface area contributed by atoms with E-state index in [4.69, 9.17) is 9.47 Å². The summed E-state index contributed by atoms with van der Waals surface area (Å²) in [6.07, 6.45) is 0. The molecule has 2 fully saturated rings. The van der Waals surface area contributed by atoms with Crippen molar-refractivity contribution < 1.29 is 9.47 Å². The van der Waals surface area contributed by atoms with E-state index in [1.807, 2.05) is 31.2 Å². The second-order valence-electron chi connectivity index (χ2n) is 5.69. The number of hydrogen-bond donors (Lipinski definition) is 1. The number of benzene rings is 1. The molecule has 1 aromatic carbocycles. The van der Waals surface area contributed by atoms with Crippen LogP contribution in [0, 0.1) is 11.8 Å². The molecule has 0 radical (unpaired) electrons. The molecule has 2 saturated heterocycles. The fraction of sp³-hybridized carbons (Fsp3) is 0.625. The van der Waals surface area contributed by atoms with Gasteiger partial charge in [-0.2, -0.15) is 0 Å². The summed E-state index contributed by atoms with van der Waals surface area (Å²) in [6.45, 7) is 9.33. The smallest absolute Gasteiger partial charge is 0.119 e. The fourth-order valence-corrected chi connectivity index (χ4v) is 3.23. The van der Waals surface area contributed by atoms with E-state index < -0.39 is 0 Å². The molecule has 3 rings (SSSR count). The molecule has 20 heavy (non-hydrogen) atoms. The predicted octanol–water partition coefficient (Wildman–Crippen LogP) is 1.62. The summed E-state index contributed by atoms with van der Waals surface area (Å²) in [5.41, 5.74) is 0. The summed E-state index contributed by atoms with van der Waals surface area (Å²) in [6, 6.07) is 7.89. The highest BCUT2D eigenvalue weighted by molar-refractivity contribution is 5.31. The van der Waals surface area contributed by atoms with E-state index in [1.165, 1.54) is 26.2 Å². The molecule has 0 aromatic heterocycles. The first-order valence-electron chi connectivity index (χ1n) is 7.64. The Morgan fingerprint density at radius 3 is 2.25 bits per heavy atom. The van der Waals surface area contributed by atoms with Crippen molar-refractivity contribution in [3.05, 3.63) is 24.3 Å². The molecule has 4 heteroatoms. The summed E-state index contributed by atoms with van der Waals surface area (Å²) in [7, 11) is 0. The Morgan fingerprint density at radius 2 is 1.65 bits per heavy atom. The Bertz CT molecular complexity index is 409. The van der Waals surface area contributed by atoms with E-state index in [1.54, 1.807) is 0 Å². The van der Waals surface area contributed by atoms with Crippen LogP contribution >= 0.6 is 0 Å². The molecule has 2 aliphatic heterocycles. The number of nitrogens with one attached hydrogen (secondary N) is 1. The summed E-state index contributed by atoms with van der Waals surface area (Å²) >= 11 is 0. The third-order valence-electron chi connectivity index (χ3n) is 4.28. The first kappa shape index (κ1) is 13.7. The van der Waals surface area contributed by atoms with Gasteiger partial charge in [-0.05, 0) is 56.1 Å². The Balaban J connectivity index is 1.39. The Kier molecular flexibility index (Phi) is 4.43. The number of fused-ring (bicyclic) bond motifs is 1. The van der Waals surface area contributed by atoms with Gasteiger partial charge in [-0.15, -0.1) is 0 Å². The molecule has 0 saturated carbocycles. The molecule has 2 aliphatic rings. The normalized spacial score (nSPS) is 25.6. The maximum absolute atomic E-state index is 5.81. The van der Waals surface area contributed by atoms with E-state index in [0.717, 1.165) is 36.5 Å². The zero-order valence-electron chi connectivity index (χ0n) is 12.2. The highest BCUT2D eigenvalue weighted by Crippen LogP contribution is 2.26. The van der Waals surface area contributed by atoms with Gasteiger partial charge in [-0.1, -0.05) is 0 Å². The van der Waals surface area contributed by atoms with Gasteiger partial charge in [0.25, 0.3) is 0 Å². The highest BCUT2D eigenvalue weighted by Gasteiger charge is 2.35. The minimum Gasteiger partial charge on any atom is -0.494 e. The molecule has 2 atom stereocenters. The van der Waals surface area contributed by atoms with Crippen LogP contribution in [0.5, 0.6) is 11.5 Å². The molecule has 0 aliphatic carbocycles.